The van der Waals surface area contributed by atoms with Gasteiger partial charge in [0.1, 0.15) is 6.54 Å². The van der Waals surface area contributed by atoms with Crippen LogP contribution >= 0.6 is 0 Å². The van der Waals surface area contributed by atoms with Gasteiger partial charge in [0.25, 0.3) is 11.5 Å². The Labute approximate surface area is 183 Å². The van der Waals surface area contributed by atoms with Crippen LogP contribution in [-0.2, 0) is 11.3 Å². The fourth-order valence-electron chi connectivity index (χ4n) is 3.68. The van der Waals surface area contributed by atoms with Gasteiger partial charge in [0.2, 0.25) is 0 Å². The van der Waals surface area contributed by atoms with Gasteiger partial charge in [-0.25, -0.2) is 4.98 Å². The first-order valence-electron chi connectivity index (χ1n) is 11.2. The predicted octanol–water partition coefficient (Wildman–Crippen LogP) is 3.26. The van der Waals surface area contributed by atoms with E-state index in [2.05, 4.69) is 48.2 Å². The molecule has 6 nitrogen and oxygen atoms in total. The second kappa shape index (κ2) is 10.9. The largest absolute Gasteiger partial charge is 0.321 e. The van der Waals surface area contributed by atoms with Crippen molar-refractivity contribution in [3.05, 3.63) is 70.3 Å². The summed E-state index contributed by atoms with van der Waals surface area (Å²) in [4.78, 5) is 33.6. The van der Waals surface area contributed by atoms with Gasteiger partial charge in [0.15, 0.2) is 12.4 Å². The number of nitrogens with one attached hydrogen (secondary N) is 3. The second-order valence-electron chi connectivity index (χ2n) is 8.22. The number of amides is 1. The minimum atomic E-state index is -0.138. The SMILES string of the molecule is CCCC[NH+](CC(=O)Nc1ccc([C@@H](C)CC)cc1)Cc1nc2ccccc2c(=O)[nH]1. The molecule has 1 aromatic heterocycles. The van der Waals surface area contributed by atoms with Gasteiger partial charge in [0.05, 0.1) is 17.4 Å². The summed E-state index contributed by atoms with van der Waals surface area (Å²) in [6.07, 6.45) is 3.14. The summed E-state index contributed by atoms with van der Waals surface area (Å²) in [5.41, 5.74) is 2.63. The van der Waals surface area contributed by atoms with E-state index >= 15 is 0 Å². The van der Waals surface area contributed by atoms with Crippen molar-refractivity contribution in [2.24, 2.45) is 0 Å². The second-order valence-corrected chi connectivity index (χ2v) is 8.22. The quantitative estimate of drug-likeness (QED) is 0.470. The van der Waals surface area contributed by atoms with E-state index in [0.717, 1.165) is 36.4 Å². The van der Waals surface area contributed by atoms with Crippen LogP contribution in [0.4, 0.5) is 5.69 Å². The van der Waals surface area contributed by atoms with Crippen molar-refractivity contribution in [1.29, 1.82) is 0 Å². The number of H-pyrrole nitrogens is 1. The van der Waals surface area contributed by atoms with Gasteiger partial charge in [-0.3, -0.25) is 9.59 Å². The summed E-state index contributed by atoms with van der Waals surface area (Å²) in [6.45, 7) is 8.17. The Kier molecular flexibility index (Phi) is 7.95. The van der Waals surface area contributed by atoms with Gasteiger partial charge < -0.3 is 15.2 Å². The van der Waals surface area contributed by atoms with Crippen LogP contribution in [0.5, 0.6) is 0 Å². The van der Waals surface area contributed by atoms with Crippen LogP contribution in [-0.4, -0.2) is 29.0 Å². The third kappa shape index (κ3) is 6.25. The number of fused-ring (bicyclic) bond motifs is 1. The molecule has 0 aliphatic carbocycles. The minimum absolute atomic E-state index is 0.0365. The normalized spacial score (nSPS) is 13.1. The van der Waals surface area contributed by atoms with Crippen molar-refractivity contribution in [2.45, 2.75) is 52.5 Å². The molecule has 0 fully saturated rings. The summed E-state index contributed by atoms with van der Waals surface area (Å²) in [5, 5.41) is 3.59. The van der Waals surface area contributed by atoms with Crippen LogP contribution in [0.15, 0.2) is 53.3 Å². The maximum atomic E-state index is 12.7. The fraction of sp³-hybridized carbons (Fsp3) is 0.400. The van der Waals surface area contributed by atoms with Crippen molar-refractivity contribution in [3.8, 4) is 0 Å². The molecule has 164 valence electrons. The molecule has 3 aromatic rings. The molecule has 1 heterocycles. The average molecular weight is 422 g/mol. The molecule has 0 saturated heterocycles. The number of hydrogen-bond acceptors (Lipinski definition) is 3. The highest BCUT2D eigenvalue weighted by Gasteiger charge is 2.17. The molecule has 31 heavy (non-hydrogen) atoms. The molecule has 0 radical (unpaired) electrons. The third-order valence-corrected chi connectivity index (χ3v) is 5.75. The Balaban J connectivity index is 1.68. The molecule has 3 N–H and O–H groups in total. The third-order valence-electron chi connectivity index (χ3n) is 5.75. The lowest BCUT2D eigenvalue weighted by atomic mass is 9.99. The number of carbonyl (C=O) groups excluding carboxylic acids is 1. The van der Waals surface area contributed by atoms with E-state index in [0.29, 0.717) is 35.7 Å². The van der Waals surface area contributed by atoms with Crippen LogP contribution in [0, 0.1) is 0 Å². The minimum Gasteiger partial charge on any atom is -0.321 e. The van der Waals surface area contributed by atoms with Crippen LogP contribution in [0.1, 0.15) is 57.3 Å². The molecule has 0 aliphatic rings. The highest BCUT2D eigenvalue weighted by atomic mass is 16.2. The number of aromatic amines is 1. The van der Waals surface area contributed by atoms with Crippen molar-refractivity contribution in [1.82, 2.24) is 9.97 Å². The molecule has 6 heteroatoms. The molecule has 1 unspecified atom stereocenters. The Bertz CT molecular complexity index is 1060. The number of rotatable bonds is 10. The van der Waals surface area contributed by atoms with Gasteiger partial charge in [-0.15, -0.1) is 0 Å². The zero-order valence-electron chi connectivity index (χ0n) is 18.7. The number of aromatic nitrogens is 2. The lowest BCUT2D eigenvalue weighted by Crippen LogP contribution is -3.12. The number of hydrogen-bond donors (Lipinski definition) is 3. The van der Waals surface area contributed by atoms with Gasteiger partial charge in [-0.05, 0) is 48.6 Å². The van der Waals surface area contributed by atoms with E-state index in [1.807, 2.05) is 30.3 Å². The highest BCUT2D eigenvalue weighted by Crippen LogP contribution is 2.20. The number of para-hydroxylation sites is 1. The monoisotopic (exact) mass is 421 g/mol. The van der Waals surface area contributed by atoms with Crippen LogP contribution < -0.4 is 15.8 Å². The number of unbranched alkanes of at least 4 members (excludes halogenated alkanes) is 1. The fourth-order valence-corrected chi connectivity index (χ4v) is 3.68. The summed E-state index contributed by atoms with van der Waals surface area (Å²) in [6, 6.07) is 15.4. The topological polar surface area (TPSA) is 79.3 Å². The summed E-state index contributed by atoms with van der Waals surface area (Å²) < 4.78 is 0. The van der Waals surface area contributed by atoms with Crippen molar-refractivity contribution >= 4 is 22.5 Å². The van der Waals surface area contributed by atoms with Crippen molar-refractivity contribution < 1.29 is 9.69 Å². The smallest absolute Gasteiger partial charge is 0.279 e. The zero-order valence-corrected chi connectivity index (χ0v) is 18.7. The molecule has 0 saturated carbocycles. The lowest BCUT2D eigenvalue weighted by molar-refractivity contribution is -0.906. The summed E-state index contributed by atoms with van der Waals surface area (Å²) >= 11 is 0. The Morgan fingerprint density at radius 1 is 1.13 bits per heavy atom. The zero-order chi connectivity index (χ0) is 22.2. The molecule has 2 atom stereocenters. The molecular weight excluding hydrogens is 388 g/mol. The highest BCUT2D eigenvalue weighted by molar-refractivity contribution is 5.91. The lowest BCUT2D eigenvalue weighted by Gasteiger charge is -2.19. The van der Waals surface area contributed by atoms with E-state index in [-0.39, 0.29) is 11.5 Å². The first-order valence-corrected chi connectivity index (χ1v) is 11.2. The summed E-state index contributed by atoms with van der Waals surface area (Å²) in [7, 11) is 0. The Hall–Kier alpha value is -2.99. The summed E-state index contributed by atoms with van der Waals surface area (Å²) in [5.74, 6) is 1.08. The van der Waals surface area contributed by atoms with Gasteiger partial charge in [-0.1, -0.05) is 51.5 Å². The van der Waals surface area contributed by atoms with Gasteiger partial charge >= 0.3 is 0 Å². The number of nitrogens with zero attached hydrogens (tertiary/aromatic N) is 1. The Morgan fingerprint density at radius 2 is 1.87 bits per heavy atom. The number of anilines is 1. The van der Waals surface area contributed by atoms with Crippen molar-refractivity contribution in [3.63, 3.8) is 0 Å². The molecule has 1 amide bonds. The van der Waals surface area contributed by atoms with E-state index in [9.17, 15) is 9.59 Å². The molecule has 2 aromatic carbocycles. The van der Waals surface area contributed by atoms with E-state index in [1.165, 1.54) is 5.56 Å². The maximum absolute atomic E-state index is 12.7. The maximum Gasteiger partial charge on any atom is 0.279 e. The number of benzene rings is 2. The molecule has 0 aliphatic heterocycles. The number of carbonyl (C=O) groups is 1. The first-order chi connectivity index (χ1) is 15.0. The first kappa shape index (κ1) is 22.7. The van der Waals surface area contributed by atoms with E-state index in [4.69, 9.17) is 0 Å². The van der Waals surface area contributed by atoms with Gasteiger partial charge in [-0.2, -0.15) is 0 Å². The van der Waals surface area contributed by atoms with E-state index in [1.54, 1.807) is 6.07 Å². The van der Waals surface area contributed by atoms with Gasteiger partial charge in [0, 0.05) is 5.69 Å². The van der Waals surface area contributed by atoms with E-state index < -0.39 is 0 Å². The standard InChI is InChI=1S/C25H32N4O2/c1-4-6-15-29(16-23-27-22-10-8-7-9-21(22)25(31)28-23)17-24(30)26-20-13-11-19(12-14-20)18(3)5-2/h7-14,18H,4-6,15-17H2,1-3H3,(H,26,30)(H,27,28,31)/p+1/t18-/m0/s1. The molecule has 0 spiro atoms. The van der Waals surface area contributed by atoms with Crippen LogP contribution in [0.3, 0.4) is 0 Å². The van der Waals surface area contributed by atoms with Crippen LogP contribution in [0.25, 0.3) is 10.9 Å². The Morgan fingerprint density at radius 3 is 2.58 bits per heavy atom. The van der Waals surface area contributed by atoms with Crippen LogP contribution in [0.2, 0.25) is 0 Å². The van der Waals surface area contributed by atoms with Crippen molar-refractivity contribution in [2.75, 3.05) is 18.4 Å². The molecular formula is C25H33N4O2+. The predicted molar refractivity (Wildman–Crippen MR) is 125 cm³/mol. The average Bonchev–Trinajstić information content (AvgIpc) is 2.77. The molecule has 0 bridgehead atoms. The number of quaternary nitrogens is 1. The molecule has 3 rings (SSSR count).